The Morgan fingerprint density at radius 3 is 2.70 bits per heavy atom. The van der Waals surface area contributed by atoms with Gasteiger partial charge in [-0.3, -0.25) is 9.48 Å². The molecule has 0 radical (unpaired) electrons. The fourth-order valence-electron chi connectivity index (χ4n) is 2.77. The van der Waals surface area contributed by atoms with Crippen molar-refractivity contribution in [3.63, 3.8) is 0 Å². The van der Waals surface area contributed by atoms with Gasteiger partial charge in [-0.05, 0) is 36.6 Å². The largest absolute Gasteiger partial charge is 0.330 e. The van der Waals surface area contributed by atoms with E-state index in [1.54, 1.807) is 36.1 Å². The van der Waals surface area contributed by atoms with Crippen molar-refractivity contribution in [3.8, 4) is 0 Å². The van der Waals surface area contributed by atoms with Crippen LogP contribution in [0.25, 0.3) is 0 Å². The van der Waals surface area contributed by atoms with Gasteiger partial charge in [0.05, 0.1) is 6.04 Å². The summed E-state index contributed by atoms with van der Waals surface area (Å²) in [7, 11) is 1.76. The topological polar surface area (TPSA) is 38.1 Å². The molecule has 104 valence electrons. The number of hydrogen-bond donors (Lipinski definition) is 0. The van der Waals surface area contributed by atoms with Crippen molar-refractivity contribution in [3.05, 3.63) is 53.6 Å². The molecule has 0 saturated carbocycles. The van der Waals surface area contributed by atoms with E-state index in [1.165, 1.54) is 12.1 Å². The molecule has 3 rings (SSSR count). The fraction of sp³-hybridized carbons (Fsp3) is 0.333. The number of benzene rings is 1. The third kappa shape index (κ3) is 2.19. The van der Waals surface area contributed by atoms with E-state index in [0.29, 0.717) is 5.69 Å². The molecule has 0 aliphatic carbocycles. The minimum absolute atomic E-state index is 0.0168. The maximum absolute atomic E-state index is 13.0. The molecule has 1 saturated heterocycles. The van der Waals surface area contributed by atoms with Gasteiger partial charge in [-0.25, -0.2) is 4.39 Å². The Bertz CT molecular complexity index is 620. The van der Waals surface area contributed by atoms with Crippen LogP contribution >= 0.6 is 0 Å². The number of rotatable bonds is 2. The number of hydrogen-bond acceptors (Lipinski definition) is 2. The molecule has 1 aromatic carbocycles. The number of carbonyl (C=O) groups excluding carboxylic acids is 1. The average Bonchev–Trinajstić information content (AvgIpc) is 3.07. The smallest absolute Gasteiger partial charge is 0.272 e. The summed E-state index contributed by atoms with van der Waals surface area (Å²) in [5.74, 6) is -0.270. The van der Waals surface area contributed by atoms with Crippen LogP contribution in [0.15, 0.2) is 36.5 Å². The first kappa shape index (κ1) is 12.8. The molecule has 2 aromatic rings. The second-order valence-electron chi connectivity index (χ2n) is 5.05. The third-order valence-electron chi connectivity index (χ3n) is 3.81. The van der Waals surface area contributed by atoms with Gasteiger partial charge in [0.25, 0.3) is 5.91 Å². The van der Waals surface area contributed by atoms with E-state index in [2.05, 4.69) is 5.10 Å². The second-order valence-corrected chi connectivity index (χ2v) is 5.05. The number of halogens is 1. The molecule has 1 aliphatic heterocycles. The summed E-state index contributed by atoms with van der Waals surface area (Å²) in [6, 6.07) is 8.16. The average molecular weight is 273 g/mol. The Morgan fingerprint density at radius 2 is 2.05 bits per heavy atom. The third-order valence-corrected chi connectivity index (χ3v) is 3.81. The van der Waals surface area contributed by atoms with Gasteiger partial charge in [-0.1, -0.05) is 12.1 Å². The van der Waals surface area contributed by atoms with Gasteiger partial charge < -0.3 is 4.90 Å². The van der Waals surface area contributed by atoms with Crippen molar-refractivity contribution in [1.82, 2.24) is 14.7 Å². The lowest BCUT2D eigenvalue weighted by Gasteiger charge is -2.25. The zero-order valence-electron chi connectivity index (χ0n) is 11.3. The van der Waals surface area contributed by atoms with Crippen LogP contribution in [0.1, 0.15) is 34.9 Å². The SMILES string of the molecule is Cn1nccc1C(=O)N1CCC[C@H]1c1ccc(F)cc1. The number of carbonyl (C=O) groups is 1. The zero-order chi connectivity index (χ0) is 14.1. The molecule has 1 amide bonds. The van der Waals surface area contributed by atoms with Crippen molar-refractivity contribution >= 4 is 5.91 Å². The zero-order valence-corrected chi connectivity index (χ0v) is 11.3. The Morgan fingerprint density at radius 1 is 1.30 bits per heavy atom. The van der Waals surface area contributed by atoms with Gasteiger partial charge in [0.15, 0.2) is 0 Å². The summed E-state index contributed by atoms with van der Waals surface area (Å²) in [5.41, 5.74) is 1.57. The van der Waals surface area contributed by atoms with Crippen LogP contribution in [-0.4, -0.2) is 27.1 Å². The van der Waals surface area contributed by atoms with Crippen molar-refractivity contribution in [1.29, 1.82) is 0 Å². The Hall–Kier alpha value is -2.17. The van der Waals surface area contributed by atoms with E-state index in [0.717, 1.165) is 24.9 Å². The summed E-state index contributed by atoms with van der Waals surface area (Å²) >= 11 is 0. The van der Waals surface area contributed by atoms with Gasteiger partial charge in [-0.2, -0.15) is 5.10 Å². The highest BCUT2D eigenvalue weighted by atomic mass is 19.1. The summed E-state index contributed by atoms with van der Waals surface area (Å²) in [4.78, 5) is 14.4. The standard InChI is InChI=1S/C15H16FN3O/c1-18-14(8-9-17-18)15(20)19-10-2-3-13(19)11-4-6-12(16)7-5-11/h4-9,13H,2-3,10H2,1H3/t13-/m0/s1. The van der Waals surface area contributed by atoms with Crippen LogP contribution in [0.5, 0.6) is 0 Å². The molecular weight excluding hydrogens is 257 g/mol. The number of likely N-dealkylation sites (tertiary alicyclic amines) is 1. The van der Waals surface area contributed by atoms with E-state index in [9.17, 15) is 9.18 Å². The lowest BCUT2D eigenvalue weighted by molar-refractivity contribution is 0.0724. The first-order valence-corrected chi connectivity index (χ1v) is 6.71. The Labute approximate surface area is 116 Å². The van der Waals surface area contributed by atoms with Crippen LogP contribution in [0.4, 0.5) is 4.39 Å². The Balaban J connectivity index is 1.87. The van der Waals surface area contributed by atoms with Gasteiger partial charge in [0.1, 0.15) is 11.5 Å². The van der Waals surface area contributed by atoms with Crippen LogP contribution in [-0.2, 0) is 7.05 Å². The first-order chi connectivity index (χ1) is 9.66. The van der Waals surface area contributed by atoms with E-state index in [1.807, 2.05) is 4.90 Å². The molecule has 1 atom stereocenters. The van der Waals surface area contributed by atoms with E-state index < -0.39 is 0 Å². The van der Waals surface area contributed by atoms with Gasteiger partial charge in [0, 0.05) is 19.8 Å². The van der Waals surface area contributed by atoms with Gasteiger partial charge in [-0.15, -0.1) is 0 Å². The predicted octanol–water partition coefficient (Wildman–Crippen LogP) is 2.54. The van der Waals surface area contributed by atoms with Crippen molar-refractivity contribution < 1.29 is 9.18 Å². The van der Waals surface area contributed by atoms with Crippen molar-refractivity contribution in [2.24, 2.45) is 7.05 Å². The van der Waals surface area contributed by atoms with E-state index in [-0.39, 0.29) is 17.8 Å². The summed E-state index contributed by atoms with van der Waals surface area (Å²) in [5, 5.41) is 4.04. The summed E-state index contributed by atoms with van der Waals surface area (Å²) in [6.45, 7) is 0.728. The lowest BCUT2D eigenvalue weighted by Crippen LogP contribution is -2.32. The molecule has 2 heterocycles. The maximum Gasteiger partial charge on any atom is 0.272 e. The summed E-state index contributed by atoms with van der Waals surface area (Å²) < 4.78 is 14.6. The van der Waals surface area contributed by atoms with Crippen LogP contribution < -0.4 is 0 Å². The molecule has 5 heteroatoms. The van der Waals surface area contributed by atoms with Crippen molar-refractivity contribution in [2.45, 2.75) is 18.9 Å². The number of aryl methyl sites for hydroxylation is 1. The molecule has 0 spiro atoms. The summed E-state index contributed by atoms with van der Waals surface area (Å²) in [6.07, 6.45) is 3.50. The van der Waals surface area contributed by atoms with Crippen LogP contribution in [0.2, 0.25) is 0 Å². The molecule has 0 N–H and O–H groups in total. The molecule has 1 aromatic heterocycles. The Kier molecular flexibility index (Phi) is 3.26. The van der Waals surface area contributed by atoms with E-state index >= 15 is 0 Å². The molecule has 0 bridgehead atoms. The number of amides is 1. The number of aromatic nitrogens is 2. The van der Waals surface area contributed by atoms with Crippen LogP contribution in [0.3, 0.4) is 0 Å². The molecular formula is C15H16FN3O. The van der Waals surface area contributed by atoms with Crippen LogP contribution in [0, 0.1) is 5.82 Å². The maximum atomic E-state index is 13.0. The molecule has 20 heavy (non-hydrogen) atoms. The highest BCUT2D eigenvalue weighted by molar-refractivity contribution is 5.93. The molecule has 0 unspecified atom stereocenters. The molecule has 4 nitrogen and oxygen atoms in total. The molecule has 1 aliphatic rings. The minimum atomic E-state index is -0.253. The fourth-order valence-corrected chi connectivity index (χ4v) is 2.77. The predicted molar refractivity (Wildman–Crippen MR) is 72.6 cm³/mol. The highest BCUT2D eigenvalue weighted by Gasteiger charge is 2.31. The van der Waals surface area contributed by atoms with Gasteiger partial charge >= 0.3 is 0 Å². The normalized spacial score (nSPS) is 18.5. The van der Waals surface area contributed by atoms with Crippen molar-refractivity contribution in [2.75, 3.05) is 6.54 Å². The molecule has 1 fully saturated rings. The van der Waals surface area contributed by atoms with Gasteiger partial charge in [0.2, 0.25) is 0 Å². The lowest BCUT2D eigenvalue weighted by atomic mass is 10.0. The first-order valence-electron chi connectivity index (χ1n) is 6.71. The quantitative estimate of drug-likeness (QED) is 0.843. The highest BCUT2D eigenvalue weighted by Crippen LogP contribution is 2.33. The second kappa shape index (κ2) is 5.07. The monoisotopic (exact) mass is 273 g/mol. The minimum Gasteiger partial charge on any atom is -0.330 e. The van der Waals surface area contributed by atoms with E-state index in [4.69, 9.17) is 0 Å². The number of nitrogens with zero attached hydrogens (tertiary/aromatic N) is 3.